The first-order chi connectivity index (χ1) is 8.40. The van der Waals surface area contributed by atoms with Crippen molar-refractivity contribution in [3.63, 3.8) is 0 Å². The predicted molar refractivity (Wildman–Crippen MR) is 65.9 cm³/mol. The minimum atomic E-state index is 0.814. The van der Waals surface area contributed by atoms with Crippen LogP contribution in [0.1, 0.15) is 0 Å². The van der Waals surface area contributed by atoms with Gasteiger partial charge >= 0.3 is 0 Å². The van der Waals surface area contributed by atoms with E-state index in [1.54, 1.807) is 13.4 Å². The van der Waals surface area contributed by atoms with Crippen LogP contribution < -0.4 is 4.74 Å². The van der Waals surface area contributed by atoms with E-state index in [-0.39, 0.29) is 0 Å². The number of nitrogens with zero attached hydrogens (tertiary/aromatic N) is 2. The second kappa shape index (κ2) is 3.90. The number of aromatic amines is 1. The Hall–Kier alpha value is -2.36. The van der Waals surface area contributed by atoms with Crippen molar-refractivity contribution >= 4 is 11.0 Å². The van der Waals surface area contributed by atoms with Gasteiger partial charge in [0.25, 0.3) is 0 Å². The molecule has 1 N–H and O–H groups in total. The van der Waals surface area contributed by atoms with Gasteiger partial charge in [-0.05, 0) is 18.2 Å². The summed E-state index contributed by atoms with van der Waals surface area (Å²) in [5.74, 6) is 0.814. The summed E-state index contributed by atoms with van der Waals surface area (Å²) < 4.78 is 5.35. The number of para-hydroxylation sites is 1. The number of aromatic nitrogens is 3. The smallest absolute Gasteiger partial charge is 0.141 e. The quantitative estimate of drug-likeness (QED) is 0.729. The standard InChI is InChI=1S/C13H11N3O/c1-17-11-5-3-2-4-9(11)12-10-6-7-14-13(10)16-8-15-12/h2-8H,1H3,(H,14,15,16). The van der Waals surface area contributed by atoms with E-state index in [2.05, 4.69) is 15.0 Å². The van der Waals surface area contributed by atoms with E-state index >= 15 is 0 Å². The van der Waals surface area contributed by atoms with Crippen molar-refractivity contribution in [2.24, 2.45) is 0 Å². The molecule has 0 aliphatic heterocycles. The number of ether oxygens (including phenoxy) is 1. The summed E-state index contributed by atoms with van der Waals surface area (Å²) in [7, 11) is 1.66. The van der Waals surface area contributed by atoms with E-state index in [1.165, 1.54) is 0 Å². The number of rotatable bonds is 2. The molecule has 0 atom stereocenters. The molecule has 3 rings (SSSR count). The second-order valence-corrected chi connectivity index (χ2v) is 3.66. The predicted octanol–water partition coefficient (Wildman–Crippen LogP) is 2.63. The summed E-state index contributed by atoms with van der Waals surface area (Å²) in [4.78, 5) is 11.6. The zero-order valence-electron chi connectivity index (χ0n) is 9.34. The molecule has 0 aliphatic carbocycles. The van der Waals surface area contributed by atoms with Gasteiger partial charge < -0.3 is 9.72 Å². The maximum absolute atomic E-state index is 5.35. The van der Waals surface area contributed by atoms with Gasteiger partial charge in [-0.3, -0.25) is 0 Å². The lowest BCUT2D eigenvalue weighted by Crippen LogP contribution is -1.91. The summed E-state index contributed by atoms with van der Waals surface area (Å²) in [6.07, 6.45) is 3.42. The summed E-state index contributed by atoms with van der Waals surface area (Å²) in [6.45, 7) is 0. The fourth-order valence-corrected chi connectivity index (χ4v) is 1.93. The topological polar surface area (TPSA) is 50.8 Å². The molecule has 84 valence electrons. The van der Waals surface area contributed by atoms with Crippen molar-refractivity contribution in [1.29, 1.82) is 0 Å². The van der Waals surface area contributed by atoms with Crippen molar-refractivity contribution < 1.29 is 4.74 Å². The minimum Gasteiger partial charge on any atom is -0.496 e. The molecule has 0 fully saturated rings. The van der Waals surface area contributed by atoms with Crippen LogP contribution in [0.5, 0.6) is 5.75 Å². The molecule has 2 aromatic heterocycles. The molecule has 0 saturated carbocycles. The first-order valence-corrected chi connectivity index (χ1v) is 5.31. The average molecular weight is 225 g/mol. The van der Waals surface area contributed by atoms with Crippen molar-refractivity contribution in [1.82, 2.24) is 15.0 Å². The van der Waals surface area contributed by atoms with Gasteiger partial charge in [0, 0.05) is 17.1 Å². The van der Waals surface area contributed by atoms with Gasteiger partial charge in [-0.25, -0.2) is 9.97 Å². The molecular formula is C13H11N3O. The average Bonchev–Trinajstić information content (AvgIpc) is 2.86. The van der Waals surface area contributed by atoms with Crippen LogP contribution in [0, 0.1) is 0 Å². The Kier molecular flexibility index (Phi) is 2.26. The van der Waals surface area contributed by atoms with Gasteiger partial charge in [-0.15, -0.1) is 0 Å². The molecule has 0 radical (unpaired) electrons. The number of benzene rings is 1. The number of nitrogens with one attached hydrogen (secondary N) is 1. The van der Waals surface area contributed by atoms with Crippen LogP contribution in [-0.4, -0.2) is 22.1 Å². The Morgan fingerprint density at radius 3 is 2.88 bits per heavy atom. The fraction of sp³-hybridized carbons (Fsp3) is 0.0769. The van der Waals surface area contributed by atoms with Crippen molar-refractivity contribution in [3.05, 3.63) is 42.9 Å². The van der Waals surface area contributed by atoms with E-state index in [4.69, 9.17) is 4.74 Å². The van der Waals surface area contributed by atoms with Crippen molar-refractivity contribution in [2.45, 2.75) is 0 Å². The normalized spacial score (nSPS) is 10.6. The Morgan fingerprint density at radius 2 is 2.00 bits per heavy atom. The third kappa shape index (κ3) is 1.54. The number of hydrogen-bond donors (Lipinski definition) is 1. The molecule has 4 nitrogen and oxygen atoms in total. The molecule has 0 spiro atoms. The summed E-state index contributed by atoms with van der Waals surface area (Å²) >= 11 is 0. The van der Waals surface area contributed by atoms with Gasteiger partial charge in [0.2, 0.25) is 0 Å². The first kappa shape index (κ1) is 9.84. The van der Waals surface area contributed by atoms with Crippen molar-refractivity contribution in [2.75, 3.05) is 7.11 Å². The molecule has 0 saturated heterocycles. The van der Waals surface area contributed by atoms with Crippen LogP contribution in [0.3, 0.4) is 0 Å². The maximum Gasteiger partial charge on any atom is 0.141 e. The van der Waals surface area contributed by atoms with Crippen LogP contribution in [0.2, 0.25) is 0 Å². The van der Waals surface area contributed by atoms with E-state index in [0.29, 0.717) is 0 Å². The SMILES string of the molecule is COc1ccccc1-c1ncnc2[nH]ccc12. The highest BCUT2D eigenvalue weighted by molar-refractivity contribution is 5.92. The highest BCUT2D eigenvalue weighted by Crippen LogP contribution is 2.31. The van der Waals surface area contributed by atoms with Crippen molar-refractivity contribution in [3.8, 4) is 17.0 Å². The van der Waals surface area contributed by atoms with Crippen LogP contribution in [0.4, 0.5) is 0 Å². The lowest BCUT2D eigenvalue weighted by atomic mass is 10.1. The lowest BCUT2D eigenvalue weighted by molar-refractivity contribution is 0.416. The molecule has 0 bridgehead atoms. The molecule has 0 aliphatic rings. The van der Waals surface area contributed by atoms with Gasteiger partial charge in [0.15, 0.2) is 0 Å². The van der Waals surface area contributed by atoms with Gasteiger partial charge in [0.1, 0.15) is 17.7 Å². The van der Waals surface area contributed by atoms with Gasteiger partial charge in [-0.2, -0.15) is 0 Å². The third-order valence-electron chi connectivity index (χ3n) is 2.72. The van der Waals surface area contributed by atoms with Gasteiger partial charge in [0.05, 0.1) is 12.8 Å². The first-order valence-electron chi connectivity index (χ1n) is 5.31. The van der Waals surface area contributed by atoms with E-state index in [9.17, 15) is 0 Å². The number of hydrogen-bond acceptors (Lipinski definition) is 3. The van der Waals surface area contributed by atoms with Crippen LogP contribution >= 0.6 is 0 Å². The molecule has 0 unspecified atom stereocenters. The largest absolute Gasteiger partial charge is 0.496 e. The van der Waals surface area contributed by atoms with Crippen LogP contribution in [0.15, 0.2) is 42.9 Å². The van der Waals surface area contributed by atoms with E-state index in [1.807, 2.05) is 36.5 Å². The van der Waals surface area contributed by atoms with Gasteiger partial charge in [-0.1, -0.05) is 12.1 Å². The minimum absolute atomic E-state index is 0.814. The highest BCUT2D eigenvalue weighted by Gasteiger charge is 2.10. The fourth-order valence-electron chi connectivity index (χ4n) is 1.93. The Morgan fingerprint density at radius 1 is 1.12 bits per heavy atom. The van der Waals surface area contributed by atoms with E-state index < -0.39 is 0 Å². The van der Waals surface area contributed by atoms with Crippen LogP contribution in [0.25, 0.3) is 22.3 Å². The molecule has 2 heterocycles. The third-order valence-corrected chi connectivity index (χ3v) is 2.72. The zero-order valence-corrected chi connectivity index (χ0v) is 9.34. The van der Waals surface area contributed by atoms with E-state index in [0.717, 1.165) is 28.0 Å². The lowest BCUT2D eigenvalue weighted by Gasteiger charge is -2.07. The maximum atomic E-state index is 5.35. The Labute approximate surface area is 98.3 Å². The molecular weight excluding hydrogens is 214 g/mol. The summed E-state index contributed by atoms with van der Waals surface area (Å²) in [5, 5.41) is 0.997. The highest BCUT2D eigenvalue weighted by atomic mass is 16.5. The molecule has 4 heteroatoms. The summed E-state index contributed by atoms with van der Waals surface area (Å²) in [6, 6.07) is 9.80. The molecule has 1 aromatic carbocycles. The Bertz CT molecular complexity index is 660. The molecule has 0 amide bonds. The number of fused-ring (bicyclic) bond motifs is 1. The monoisotopic (exact) mass is 225 g/mol. The molecule has 17 heavy (non-hydrogen) atoms. The number of H-pyrrole nitrogens is 1. The second-order valence-electron chi connectivity index (χ2n) is 3.66. The Balaban J connectivity index is 2.30. The molecule has 3 aromatic rings. The zero-order chi connectivity index (χ0) is 11.7. The number of methoxy groups -OCH3 is 1. The van der Waals surface area contributed by atoms with Crippen LogP contribution in [-0.2, 0) is 0 Å². The summed E-state index contributed by atoms with van der Waals surface area (Å²) in [5.41, 5.74) is 2.69.